The summed E-state index contributed by atoms with van der Waals surface area (Å²) < 4.78 is 5.73. The molecule has 0 aromatic heterocycles. The number of aromatic hydroxyl groups is 1. The maximum Gasteiger partial charge on any atom is 0.414 e. The summed E-state index contributed by atoms with van der Waals surface area (Å²) in [5.74, 6) is -0.438. The Bertz CT molecular complexity index is 1050. The van der Waals surface area contributed by atoms with E-state index in [4.69, 9.17) is 4.74 Å². The van der Waals surface area contributed by atoms with E-state index in [1.165, 1.54) is 0 Å². The summed E-state index contributed by atoms with van der Waals surface area (Å²) in [7, 11) is 0. The molecule has 0 radical (unpaired) electrons. The predicted molar refractivity (Wildman–Crippen MR) is 114 cm³/mol. The van der Waals surface area contributed by atoms with Crippen LogP contribution in [-0.2, 0) is 4.74 Å². The summed E-state index contributed by atoms with van der Waals surface area (Å²) >= 11 is 0. The van der Waals surface area contributed by atoms with Gasteiger partial charge in [-0.25, -0.2) is 4.79 Å². The Morgan fingerprint density at radius 2 is 1.60 bits per heavy atom. The van der Waals surface area contributed by atoms with Gasteiger partial charge in [0, 0.05) is 28.5 Å². The molecule has 0 aliphatic carbocycles. The highest BCUT2D eigenvalue weighted by Gasteiger charge is 2.35. The first-order valence-electron chi connectivity index (χ1n) is 9.72. The molecule has 3 aromatic rings. The number of phenolic OH excluding ortho intramolecular Hbond substituents is 1. The number of benzene rings is 3. The zero-order valence-corrected chi connectivity index (χ0v) is 17.0. The van der Waals surface area contributed by atoms with E-state index in [1.54, 1.807) is 48.5 Å². The molecule has 6 nitrogen and oxygen atoms in total. The number of rotatable bonds is 6. The molecule has 3 aromatic carbocycles. The average molecular weight is 407 g/mol. The van der Waals surface area contributed by atoms with Gasteiger partial charge in [0.25, 0.3) is 5.91 Å². The SMILES string of the molecule is CC(C)(CCO)[C@H](OC(=O)NC(=O)c1ccccc1)c1ccc(O)c2ccccc12. The van der Waals surface area contributed by atoms with E-state index in [1.807, 2.05) is 32.0 Å². The Labute approximate surface area is 175 Å². The molecule has 156 valence electrons. The lowest BCUT2D eigenvalue weighted by Crippen LogP contribution is -2.36. The smallest absolute Gasteiger partial charge is 0.414 e. The minimum absolute atomic E-state index is 0.0898. The molecule has 0 bridgehead atoms. The molecule has 1 atom stereocenters. The zero-order valence-electron chi connectivity index (χ0n) is 17.0. The second-order valence-corrected chi connectivity index (χ2v) is 7.79. The first kappa shape index (κ1) is 21.3. The minimum atomic E-state index is -0.878. The van der Waals surface area contributed by atoms with Crippen molar-refractivity contribution in [3.05, 3.63) is 77.9 Å². The van der Waals surface area contributed by atoms with Crippen LogP contribution in [0.25, 0.3) is 10.8 Å². The third-order valence-electron chi connectivity index (χ3n) is 5.16. The van der Waals surface area contributed by atoms with Gasteiger partial charge in [0.05, 0.1) is 0 Å². The van der Waals surface area contributed by atoms with Crippen molar-refractivity contribution in [2.45, 2.75) is 26.4 Å². The number of nitrogens with one attached hydrogen (secondary N) is 1. The van der Waals surface area contributed by atoms with Gasteiger partial charge in [-0.15, -0.1) is 0 Å². The predicted octanol–water partition coefficient (Wildman–Crippen LogP) is 4.56. The van der Waals surface area contributed by atoms with Crippen LogP contribution < -0.4 is 5.32 Å². The van der Waals surface area contributed by atoms with Crippen molar-refractivity contribution in [2.24, 2.45) is 5.41 Å². The fourth-order valence-electron chi connectivity index (χ4n) is 3.49. The number of hydrogen-bond acceptors (Lipinski definition) is 5. The van der Waals surface area contributed by atoms with Crippen molar-refractivity contribution in [3.8, 4) is 5.75 Å². The van der Waals surface area contributed by atoms with E-state index >= 15 is 0 Å². The van der Waals surface area contributed by atoms with Gasteiger partial charge in [-0.05, 0) is 30.0 Å². The number of amides is 2. The Morgan fingerprint density at radius 1 is 0.967 bits per heavy atom. The van der Waals surface area contributed by atoms with Crippen LogP contribution in [0.2, 0.25) is 0 Å². The molecule has 0 aliphatic heterocycles. The van der Waals surface area contributed by atoms with E-state index in [0.29, 0.717) is 22.9 Å². The number of fused-ring (bicyclic) bond motifs is 1. The van der Waals surface area contributed by atoms with E-state index in [9.17, 15) is 19.8 Å². The van der Waals surface area contributed by atoms with Gasteiger partial charge in [0.15, 0.2) is 0 Å². The van der Waals surface area contributed by atoms with Crippen LogP contribution in [0.1, 0.15) is 42.3 Å². The standard InChI is InChI=1S/C24H25NO5/c1-24(2,14-15-26)21(19-12-13-20(27)18-11-7-6-10-17(18)19)30-23(29)25-22(28)16-8-4-3-5-9-16/h3-13,21,26-27H,14-15H2,1-2H3,(H,25,28,29)/t21-/m1/s1. The summed E-state index contributed by atoms with van der Waals surface area (Å²) in [6.45, 7) is 3.66. The Balaban J connectivity index is 1.94. The molecule has 0 saturated heterocycles. The van der Waals surface area contributed by atoms with Gasteiger partial charge in [-0.3, -0.25) is 10.1 Å². The van der Waals surface area contributed by atoms with E-state index < -0.39 is 23.5 Å². The number of aliphatic hydroxyl groups is 1. The number of imide groups is 1. The largest absolute Gasteiger partial charge is 0.507 e. The maximum absolute atomic E-state index is 12.6. The molecule has 3 rings (SSSR count). The third-order valence-corrected chi connectivity index (χ3v) is 5.16. The van der Waals surface area contributed by atoms with Crippen LogP contribution in [0, 0.1) is 5.41 Å². The van der Waals surface area contributed by atoms with Gasteiger partial charge in [0.2, 0.25) is 0 Å². The van der Waals surface area contributed by atoms with Gasteiger partial charge in [-0.1, -0.05) is 62.4 Å². The molecule has 0 spiro atoms. The van der Waals surface area contributed by atoms with Crippen molar-refractivity contribution in [3.63, 3.8) is 0 Å². The van der Waals surface area contributed by atoms with Crippen LogP contribution in [0.15, 0.2) is 66.7 Å². The highest BCUT2D eigenvalue weighted by atomic mass is 16.6. The van der Waals surface area contributed by atoms with Crippen molar-refractivity contribution >= 4 is 22.8 Å². The second-order valence-electron chi connectivity index (χ2n) is 7.79. The molecule has 0 heterocycles. The number of ether oxygens (including phenoxy) is 1. The highest BCUT2D eigenvalue weighted by Crippen LogP contribution is 2.43. The summed E-state index contributed by atoms with van der Waals surface area (Å²) in [6, 6.07) is 18.9. The molecule has 0 aliphatic rings. The maximum atomic E-state index is 12.6. The van der Waals surface area contributed by atoms with Crippen molar-refractivity contribution in [1.82, 2.24) is 5.32 Å². The molecule has 6 heteroatoms. The fourth-order valence-corrected chi connectivity index (χ4v) is 3.49. The quantitative estimate of drug-likeness (QED) is 0.557. The zero-order chi connectivity index (χ0) is 21.7. The first-order valence-corrected chi connectivity index (χ1v) is 9.72. The van der Waals surface area contributed by atoms with Crippen LogP contribution in [0.4, 0.5) is 4.79 Å². The number of alkyl carbamates (subject to hydrolysis) is 1. The molecule has 3 N–H and O–H groups in total. The van der Waals surface area contributed by atoms with E-state index in [-0.39, 0.29) is 12.4 Å². The first-order chi connectivity index (χ1) is 14.3. The number of phenols is 1. The molecular formula is C24H25NO5. The van der Waals surface area contributed by atoms with Gasteiger partial charge in [0.1, 0.15) is 11.9 Å². The van der Waals surface area contributed by atoms with Gasteiger partial charge in [-0.2, -0.15) is 0 Å². The minimum Gasteiger partial charge on any atom is -0.507 e. The average Bonchev–Trinajstić information content (AvgIpc) is 2.73. The highest BCUT2D eigenvalue weighted by molar-refractivity contribution is 6.03. The summed E-state index contributed by atoms with van der Waals surface area (Å²) in [5.41, 5.74) is 0.390. The number of aliphatic hydroxyl groups excluding tert-OH is 1. The number of carbonyl (C=O) groups is 2. The Morgan fingerprint density at radius 3 is 2.27 bits per heavy atom. The van der Waals surface area contributed by atoms with E-state index in [0.717, 1.165) is 5.39 Å². The lowest BCUT2D eigenvalue weighted by Gasteiger charge is -2.34. The van der Waals surface area contributed by atoms with Gasteiger partial charge < -0.3 is 14.9 Å². The fraction of sp³-hybridized carbons (Fsp3) is 0.250. The second kappa shape index (κ2) is 8.97. The molecule has 0 saturated carbocycles. The molecule has 2 amide bonds. The number of carbonyl (C=O) groups excluding carboxylic acids is 2. The molecule has 0 fully saturated rings. The van der Waals surface area contributed by atoms with Crippen LogP contribution in [-0.4, -0.2) is 28.8 Å². The topological polar surface area (TPSA) is 95.9 Å². The van der Waals surface area contributed by atoms with Crippen LogP contribution in [0.3, 0.4) is 0 Å². The molecule has 30 heavy (non-hydrogen) atoms. The molecular weight excluding hydrogens is 382 g/mol. The summed E-state index contributed by atoms with van der Waals surface area (Å²) in [5, 5.41) is 23.4. The molecule has 0 unspecified atom stereocenters. The Hall–Kier alpha value is -3.38. The lowest BCUT2D eigenvalue weighted by atomic mass is 9.78. The van der Waals surface area contributed by atoms with Crippen LogP contribution >= 0.6 is 0 Å². The Kier molecular flexibility index (Phi) is 6.37. The summed E-state index contributed by atoms with van der Waals surface area (Å²) in [6.07, 6.45) is -1.27. The monoisotopic (exact) mass is 407 g/mol. The van der Waals surface area contributed by atoms with Crippen molar-refractivity contribution < 1.29 is 24.5 Å². The van der Waals surface area contributed by atoms with Crippen molar-refractivity contribution in [1.29, 1.82) is 0 Å². The number of hydrogen-bond donors (Lipinski definition) is 3. The van der Waals surface area contributed by atoms with Crippen LogP contribution in [0.5, 0.6) is 5.75 Å². The van der Waals surface area contributed by atoms with Gasteiger partial charge >= 0.3 is 6.09 Å². The van der Waals surface area contributed by atoms with E-state index in [2.05, 4.69) is 5.32 Å². The van der Waals surface area contributed by atoms with Crippen molar-refractivity contribution in [2.75, 3.05) is 6.61 Å². The third kappa shape index (κ3) is 4.60. The lowest BCUT2D eigenvalue weighted by molar-refractivity contribution is 0.00956. The normalized spacial score (nSPS) is 12.4. The summed E-state index contributed by atoms with van der Waals surface area (Å²) in [4.78, 5) is 24.9.